The summed E-state index contributed by atoms with van der Waals surface area (Å²) < 4.78 is 0. The first-order chi connectivity index (χ1) is 10.2. The standard InChI is InChI=1S/C17H23N3O/c1-12-15(14-5-3-4-6-16(14)19-12)11-17(21)20-9-7-13(18-2)8-10-20/h3-6,13,18-19H,7-11H2,1-2H3. The number of nitrogens with one attached hydrogen (secondary N) is 2. The summed E-state index contributed by atoms with van der Waals surface area (Å²) in [7, 11) is 2.00. The normalized spacial score (nSPS) is 16.6. The van der Waals surface area contributed by atoms with Gasteiger partial charge < -0.3 is 15.2 Å². The number of aryl methyl sites for hydroxylation is 1. The van der Waals surface area contributed by atoms with Gasteiger partial charge in [0.05, 0.1) is 6.42 Å². The molecule has 0 unspecified atom stereocenters. The van der Waals surface area contributed by atoms with E-state index in [2.05, 4.69) is 29.4 Å². The number of nitrogens with zero attached hydrogens (tertiary/aromatic N) is 1. The van der Waals surface area contributed by atoms with Crippen molar-refractivity contribution in [2.24, 2.45) is 0 Å². The number of carbonyl (C=O) groups excluding carboxylic acids is 1. The summed E-state index contributed by atoms with van der Waals surface area (Å²) in [6.07, 6.45) is 2.60. The van der Waals surface area contributed by atoms with Gasteiger partial charge in [-0.25, -0.2) is 0 Å². The van der Waals surface area contributed by atoms with Crippen molar-refractivity contribution in [2.45, 2.75) is 32.2 Å². The van der Waals surface area contributed by atoms with Crippen molar-refractivity contribution in [1.82, 2.24) is 15.2 Å². The van der Waals surface area contributed by atoms with E-state index in [1.54, 1.807) is 0 Å². The van der Waals surface area contributed by atoms with Gasteiger partial charge in [-0.05, 0) is 38.4 Å². The quantitative estimate of drug-likeness (QED) is 0.908. The number of piperidine rings is 1. The molecule has 112 valence electrons. The van der Waals surface area contributed by atoms with Crippen LogP contribution >= 0.6 is 0 Å². The minimum atomic E-state index is 0.248. The second-order valence-electron chi connectivity index (χ2n) is 5.89. The van der Waals surface area contributed by atoms with Crippen LogP contribution in [-0.4, -0.2) is 42.0 Å². The molecule has 0 spiro atoms. The van der Waals surface area contributed by atoms with E-state index in [-0.39, 0.29) is 5.91 Å². The van der Waals surface area contributed by atoms with E-state index in [4.69, 9.17) is 0 Å². The Labute approximate surface area is 125 Å². The van der Waals surface area contributed by atoms with Crippen LogP contribution in [0.15, 0.2) is 24.3 Å². The molecule has 1 aromatic carbocycles. The first kappa shape index (κ1) is 14.1. The van der Waals surface area contributed by atoms with E-state index in [9.17, 15) is 4.79 Å². The van der Waals surface area contributed by atoms with E-state index in [1.165, 1.54) is 5.39 Å². The molecule has 0 atom stereocenters. The Hall–Kier alpha value is -1.81. The van der Waals surface area contributed by atoms with Crippen molar-refractivity contribution in [2.75, 3.05) is 20.1 Å². The van der Waals surface area contributed by atoms with Gasteiger partial charge in [0.1, 0.15) is 0 Å². The SMILES string of the molecule is CNC1CCN(C(=O)Cc2c(C)[nH]c3ccccc23)CC1. The van der Waals surface area contributed by atoms with Crippen LogP contribution < -0.4 is 5.32 Å². The first-order valence-corrected chi connectivity index (χ1v) is 7.70. The Morgan fingerprint density at radius 1 is 1.33 bits per heavy atom. The number of aromatic nitrogens is 1. The smallest absolute Gasteiger partial charge is 0.227 e. The number of para-hydroxylation sites is 1. The number of aromatic amines is 1. The number of likely N-dealkylation sites (tertiary alicyclic amines) is 1. The first-order valence-electron chi connectivity index (χ1n) is 7.70. The van der Waals surface area contributed by atoms with Gasteiger partial charge in [0.2, 0.25) is 5.91 Å². The average molecular weight is 285 g/mol. The Bertz CT molecular complexity index is 639. The Morgan fingerprint density at radius 2 is 2.05 bits per heavy atom. The highest BCUT2D eigenvalue weighted by Crippen LogP contribution is 2.23. The lowest BCUT2D eigenvalue weighted by molar-refractivity contribution is -0.131. The molecule has 0 saturated carbocycles. The fourth-order valence-electron chi connectivity index (χ4n) is 3.24. The van der Waals surface area contributed by atoms with E-state index < -0.39 is 0 Å². The highest BCUT2D eigenvalue weighted by Gasteiger charge is 2.23. The van der Waals surface area contributed by atoms with Crippen LogP contribution in [0.1, 0.15) is 24.1 Å². The molecule has 2 N–H and O–H groups in total. The van der Waals surface area contributed by atoms with Crippen molar-refractivity contribution in [3.8, 4) is 0 Å². The third-order valence-corrected chi connectivity index (χ3v) is 4.61. The average Bonchev–Trinajstić information content (AvgIpc) is 2.83. The van der Waals surface area contributed by atoms with Crippen LogP contribution in [0.25, 0.3) is 10.9 Å². The number of carbonyl (C=O) groups is 1. The molecule has 1 fully saturated rings. The van der Waals surface area contributed by atoms with E-state index in [0.717, 1.165) is 42.7 Å². The molecule has 0 bridgehead atoms. The van der Waals surface area contributed by atoms with Gasteiger partial charge in [0, 0.05) is 35.7 Å². The Morgan fingerprint density at radius 3 is 2.76 bits per heavy atom. The summed E-state index contributed by atoms with van der Waals surface area (Å²) in [5, 5.41) is 4.47. The summed E-state index contributed by atoms with van der Waals surface area (Å²) in [4.78, 5) is 17.9. The molecule has 2 aromatic rings. The van der Waals surface area contributed by atoms with Crippen LogP contribution in [0, 0.1) is 6.92 Å². The number of benzene rings is 1. The van der Waals surface area contributed by atoms with Gasteiger partial charge >= 0.3 is 0 Å². The lowest BCUT2D eigenvalue weighted by atomic mass is 10.0. The molecule has 2 heterocycles. The lowest BCUT2D eigenvalue weighted by Crippen LogP contribution is -2.44. The molecule has 3 rings (SSSR count). The van der Waals surface area contributed by atoms with Gasteiger partial charge in [-0.3, -0.25) is 4.79 Å². The number of hydrogen-bond acceptors (Lipinski definition) is 2. The molecule has 0 aliphatic carbocycles. The Kier molecular flexibility index (Phi) is 3.97. The number of hydrogen-bond donors (Lipinski definition) is 2. The van der Waals surface area contributed by atoms with Crippen LogP contribution in [-0.2, 0) is 11.2 Å². The third kappa shape index (κ3) is 2.81. The second-order valence-corrected chi connectivity index (χ2v) is 5.89. The largest absolute Gasteiger partial charge is 0.358 e. The van der Waals surface area contributed by atoms with Crippen molar-refractivity contribution in [1.29, 1.82) is 0 Å². The molecule has 1 amide bonds. The number of H-pyrrole nitrogens is 1. The van der Waals surface area contributed by atoms with Gasteiger partial charge in [-0.1, -0.05) is 18.2 Å². The number of fused-ring (bicyclic) bond motifs is 1. The number of rotatable bonds is 3. The fourth-order valence-corrected chi connectivity index (χ4v) is 3.24. The van der Waals surface area contributed by atoms with Crippen molar-refractivity contribution in [3.05, 3.63) is 35.5 Å². The van der Waals surface area contributed by atoms with Crippen LogP contribution in [0.3, 0.4) is 0 Å². The molecule has 1 aromatic heterocycles. The highest BCUT2D eigenvalue weighted by atomic mass is 16.2. The predicted molar refractivity (Wildman–Crippen MR) is 85.4 cm³/mol. The minimum absolute atomic E-state index is 0.248. The molecular weight excluding hydrogens is 262 g/mol. The van der Waals surface area contributed by atoms with Gasteiger partial charge in [-0.15, -0.1) is 0 Å². The molecule has 1 aliphatic rings. The van der Waals surface area contributed by atoms with Gasteiger partial charge in [-0.2, -0.15) is 0 Å². The van der Waals surface area contributed by atoms with Gasteiger partial charge in [0.25, 0.3) is 0 Å². The molecule has 4 nitrogen and oxygen atoms in total. The zero-order chi connectivity index (χ0) is 14.8. The molecule has 4 heteroatoms. The van der Waals surface area contributed by atoms with Crippen LogP contribution in [0.2, 0.25) is 0 Å². The van der Waals surface area contributed by atoms with E-state index >= 15 is 0 Å². The molecule has 0 radical (unpaired) electrons. The van der Waals surface area contributed by atoms with E-state index in [1.807, 2.05) is 24.1 Å². The summed E-state index contributed by atoms with van der Waals surface area (Å²) in [5.41, 5.74) is 3.37. The fraction of sp³-hybridized carbons (Fsp3) is 0.471. The highest BCUT2D eigenvalue weighted by molar-refractivity contribution is 5.90. The molecule has 21 heavy (non-hydrogen) atoms. The maximum Gasteiger partial charge on any atom is 0.227 e. The monoisotopic (exact) mass is 285 g/mol. The summed E-state index contributed by atoms with van der Waals surface area (Å²) >= 11 is 0. The van der Waals surface area contributed by atoms with Gasteiger partial charge in [0.15, 0.2) is 0 Å². The van der Waals surface area contributed by atoms with E-state index in [0.29, 0.717) is 12.5 Å². The van der Waals surface area contributed by atoms with Crippen molar-refractivity contribution >= 4 is 16.8 Å². The zero-order valence-electron chi connectivity index (χ0n) is 12.8. The second kappa shape index (κ2) is 5.90. The maximum atomic E-state index is 12.5. The molecule has 1 saturated heterocycles. The Balaban J connectivity index is 1.73. The zero-order valence-corrected chi connectivity index (χ0v) is 12.8. The summed E-state index contributed by atoms with van der Waals surface area (Å²) in [5.74, 6) is 0.248. The number of amides is 1. The topological polar surface area (TPSA) is 48.1 Å². The van der Waals surface area contributed by atoms with Crippen LogP contribution in [0.4, 0.5) is 0 Å². The van der Waals surface area contributed by atoms with Crippen molar-refractivity contribution in [3.63, 3.8) is 0 Å². The molecular formula is C17H23N3O. The lowest BCUT2D eigenvalue weighted by Gasteiger charge is -2.32. The maximum absolute atomic E-state index is 12.5. The predicted octanol–water partition coefficient (Wildman–Crippen LogP) is 2.23. The van der Waals surface area contributed by atoms with Crippen LogP contribution in [0.5, 0.6) is 0 Å². The van der Waals surface area contributed by atoms with Crippen molar-refractivity contribution < 1.29 is 4.79 Å². The summed E-state index contributed by atoms with van der Waals surface area (Å²) in [6, 6.07) is 8.77. The molecule has 1 aliphatic heterocycles. The summed E-state index contributed by atoms with van der Waals surface area (Å²) in [6.45, 7) is 3.79. The minimum Gasteiger partial charge on any atom is -0.358 e. The third-order valence-electron chi connectivity index (χ3n) is 4.61.